The number of amides is 1. The van der Waals surface area contributed by atoms with Crippen molar-refractivity contribution >= 4 is 44.0 Å². The number of anilines is 2. The average Bonchev–Trinajstić information content (AvgIpc) is 3.87. The van der Waals surface area contributed by atoms with Crippen molar-refractivity contribution in [1.82, 2.24) is 24.5 Å². The van der Waals surface area contributed by atoms with Gasteiger partial charge in [-0.3, -0.25) is 24.7 Å². The Labute approximate surface area is 437 Å². The first-order valence-corrected chi connectivity index (χ1v) is 27.6. The van der Waals surface area contributed by atoms with Gasteiger partial charge in [-0.05, 0) is 135 Å². The lowest BCUT2D eigenvalue weighted by molar-refractivity contribution is -0.384. The van der Waals surface area contributed by atoms with Gasteiger partial charge in [-0.25, -0.2) is 22.5 Å². The van der Waals surface area contributed by atoms with Crippen LogP contribution in [0.2, 0.25) is 0 Å². The van der Waals surface area contributed by atoms with Crippen molar-refractivity contribution in [2.45, 2.75) is 107 Å². The Morgan fingerprint density at radius 3 is 2.43 bits per heavy atom. The fourth-order valence-electron chi connectivity index (χ4n) is 12.0. The number of nitro groups is 1. The summed E-state index contributed by atoms with van der Waals surface area (Å²) >= 11 is 0. The van der Waals surface area contributed by atoms with Gasteiger partial charge in [0.05, 0.1) is 40.0 Å². The first-order chi connectivity index (χ1) is 35.9. The number of piperidine rings is 1. The van der Waals surface area contributed by atoms with Crippen molar-refractivity contribution in [2.75, 3.05) is 56.6 Å². The second-order valence-corrected chi connectivity index (χ2v) is 23.5. The maximum atomic E-state index is 16.6. The maximum absolute atomic E-state index is 16.6. The van der Waals surface area contributed by atoms with E-state index < -0.39 is 42.9 Å². The lowest BCUT2D eigenvalue weighted by atomic mass is 9.59. The molecule has 10 rings (SSSR count). The number of methoxy groups -OCH3 is 1. The molecular formula is C57H67FN8O8S. The van der Waals surface area contributed by atoms with E-state index in [0.717, 1.165) is 88.0 Å². The molecule has 4 aromatic carbocycles. The first-order valence-electron chi connectivity index (χ1n) is 26.2. The van der Waals surface area contributed by atoms with Crippen molar-refractivity contribution in [3.8, 4) is 17.2 Å². The van der Waals surface area contributed by atoms with E-state index in [1.54, 1.807) is 32.4 Å². The molecule has 2 saturated carbocycles. The van der Waals surface area contributed by atoms with Gasteiger partial charge in [0, 0.05) is 81.6 Å². The number of carbonyl (C=O) groups is 1. The summed E-state index contributed by atoms with van der Waals surface area (Å²) in [5.41, 5.74) is 3.47. The first kappa shape index (κ1) is 51.9. The van der Waals surface area contributed by atoms with E-state index in [1.165, 1.54) is 41.1 Å². The van der Waals surface area contributed by atoms with Gasteiger partial charge in [0.25, 0.3) is 21.6 Å². The zero-order chi connectivity index (χ0) is 52.6. The number of nitrogens with one attached hydrogen (secondary N) is 3. The van der Waals surface area contributed by atoms with Gasteiger partial charge in [-0.1, -0.05) is 50.2 Å². The largest absolute Gasteiger partial charge is 0.497 e. The number of nitrogens with zero attached hydrogens (tertiary/aromatic N) is 5. The van der Waals surface area contributed by atoms with Crippen LogP contribution in [0.4, 0.5) is 21.5 Å². The quantitative estimate of drug-likeness (QED) is 0.0529. The van der Waals surface area contributed by atoms with E-state index in [1.807, 2.05) is 21.8 Å². The molecule has 6 aromatic rings. The lowest BCUT2D eigenvalue weighted by Crippen LogP contribution is -2.60. The molecule has 1 spiro atoms. The Kier molecular flexibility index (Phi) is 14.7. The highest BCUT2D eigenvalue weighted by Gasteiger charge is 2.50. The molecule has 2 aromatic heterocycles. The van der Waals surface area contributed by atoms with Crippen LogP contribution in [-0.4, -0.2) is 102 Å². The Morgan fingerprint density at radius 2 is 1.71 bits per heavy atom. The summed E-state index contributed by atoms with van der Waals surface area (Å²) in [5.74, 6) is -0.355. The minimum absolute atomic E-state index is 0.0895. The van der Waals surface area contributed by atoms with Gasteiger partial charge in [0.15, 0.2) is 0 Å². The number of fused-ring (bicyclic) bond motifs is 1. The van der Waals surface area contributed by atoms with Crippen LogP contribution in [0.15, 0.2) is 108 Å². The molecule has 75 heavy (non-hydrogen) atoms. The van der Waals surface area contributed by atoms with Crippen LogP contribution in [0.1, 0.15) is 111 Å². The number of halogens is 1. The number of rotatable bonds is 16. The van der Waals surface area contributed by atoms with Crippen LogP contribution in [0.3, 0.4) is 0 Å². The van der Waals surface area contributed by atoms with Crippen LogP contribution >= 0.6 is 0 Å². The SMILES string of the molecule is COc1ccc(CN2CCN(C3CC4(CCN(c5cc(Oc6cnc7[nH]ccc7c6)c(C(=O)NS(=O)(=O)c6ccc(NCC7CCC(C)(O)CC7)c([N+](=O)[O-])c6)cc5F)CC4)C3)[C@H](c3ccccc3C(C)C)C2)cc1. The van der Waals surface area contributed by atoms with Crippen LogP contribution in [0, 0.1) is 27.3 Å². The van der Waals surface area contributed by atoms with E-state index in [4.69, 9.17) is 9.47 Å². The normalized spacial score (nSPS) is 21.5. The summed E-state index contributed by atoms with van der Waals surface area (Å²) in [6.07, 6.45) is 9.66. The Balaban J connectivity index is 0.844. The summed E-state index contributed by atoms with van der Waals surface area (Å²) < 4.78 is 58.0. The van der Waals surface area contributed by atoms with Crippen molar-refractivity contribution in [3.05, 3.63) is 142 Å². The van der Waals surface area contributed by atoms with Crippen LogP contribution < -0.4 is 24.4 Å². The van der Waals surface area contributed by atoms with Gasteiger partial charge >= 0.3 is 0 Å². The number of H-pyrrole nitrogens is 1. The molecule has 4 heterocycles. The monoisotopic (exact) mass is 1040 g/mol. The van der Waals surface area contributed by atoms with Gasteiger partial charge in [0.2, 0.25) is 0 Å². The minimum atomic E-state index is -4.72. The number of hydrogen-bond acceptors (Lipinski definition) is 13. The third-order valence-corrected chi connectivity index (χ3v) is 17.7. The van der Waals surface area contributed by atoms with Crippen molar-refractivity contribution in [3.63, 3.8) is 0 Å². The Hall–Kier alpha value is -6.60. The van der Waals surface area contributed by atoms with Crippen molar-refractivity contribution < 1.29 is 37.1 Å². The molecule has 4 fully saturated rings. The molecule has 1 amide bonds. The number of piperazine rings is 1. The number of aromatic nitrogens is 2. The van der Waals surface area contributed by atoms with E-state index in [-0.39, 0.29) is 45.8 Å². The molecule has 4 aliphatic rings. The molecule has 1 atom stereocenters. The molecule has 0 bridgehead atoms. The third-order valence-electron chi connectivity index (χ3n) is 16.4. The summed E-state index contributed by atoms with van der Waals surface area (Å²) in [7, 11) is -3.04. The smallest absolute Gasteiger partial charge is 0.293 e. The zero-order valence-corrected chi connectivity index (χ0v) is 43.9. The van der Waals surface area contributed by atoms with E-state index in [2.05, 4.69) is 75.3 Å². The molecule has 2 aliphatic carbocycles. The number of aliphatic hydroxyl groups is 1. The molecule has 16 nitrogen and oxygen atoms in total. The topological polar surface area (TPSA) is 195 Å². The predicted octanol–water partition coefficient (Wildman–Crippen LogP) is 10.3. The summed E-state index contributed by atoms with van der Waals surface area (Å²) in [5, 5.41) is 26.4. The minimum Gasteiger partial charge on any atom is -0.497 e. The lowest BCUT2D eigenvalue weighted by Gasteiger charge is -2.58. The highest BCUT2D eigenvalue weighted by Crippen LogP contribution is 2.54. The number of ether oxygens (including phenoxy) is 2. The molecule has 4 N–H and O–H groups in total. The Bertz CT molecular complexity index is 3160. The van der Waals surface area contributed by atoms with E-state index >= 15 is 4.39 Å². The molecule has 2 aliphatic heterocycles. The average molecular weight is 1040 g/mol. The van der Waals surface area contributed by atoms with Gasteiger partial charge in [0.1, 0.15) is 34.4 Å². The number of benzene rings is 4. The standard InChI is InChI=1S/C57H67FN8O8S/c1-37(2)45-7-5-6-8-46(45)52-36-63(35-39-9-11-42(73-4)12-10-39)25-26-65(52)41-31-57(32-41)20-23-64(24-21-57)50-30-53(74-43-27-40-17-22-59-54(40)61-34-43)47(29-48(50)58)55(67)62-75(71,72)44-13-14-49(51(28-44)66(69)70)60-33-38-15-18-56(3,68)19-16-38/h5-14,17,22,27-30,34,37-38,41,52,60,68H,15-16,18-21,23-26,31-33,35-36H2,1-4H3,(H,59,61)(H,62,67)/t38?,52-,56?/m0/s1. The van der Waals surface area contributed by atoms with Crippen LogP contribution in [0.5, 0.6) is 17.2 Å². The van der Waals surface area contributed by atoms with Crippen LogP contribution in [-0.2, 0) is 16.6 Å². The summed E-state index contributed by atoms with van der Waals surface area (Å²) in [6, 6.07) is 27.2. The third kappa shape index (κ3) is 11.3. The van der Waals surface area contributed by atoms with Crippen molar-refractivity contribution in [1.29, 1.82) is 0 Å². The highest BCUT2D eigenvalue weighted by atomic mass is 32.2. The van der Waals surface area contributed by atoms with E-state index in [9.17, 15) is 28.4 Å². The number of pyridine rings is 1. The molecule has 2 saturated heterocycles. The summed E-state index contributed by atoms with van der Waals surface area (Å²) in [6.45, 7) is 11.6. The zero-order valence-electron chi connectivity index (χ0n) is 43.1. The molecule has 0 unspecified atom stereocenters. The fourth-order valence-corrected chi connectivity index (χ4v) is 13.0. The number of hydrogen-bond donors (Lipinski definition) is 4. The van der Waals surface area contributed by atoms with Gasteiger partial charge < -0.3 is 29.8 Å². The number of carbonyl (C=O) groups excluding carboxylic acids is 1. The number of nitro benzene ring substituents is 1. The second-order valence-electron chi connectivity index (χ2n) is 21.8. The molecule has 396 valence electrons. The second kappa shape index (κ2) is 21.2. The molecule has 0 radical (unpaired) electrons. The predicted molar refractivity (Wildman–Crippen MR) is 287 cm³/mol. The Morgan fingerprint density at radius 1 is 0.960 bits per heavy atom. The maximum Gasteiger partial charge on any atom is 0.293 e. The van der Waals surface area contributed by atoms with Gasteiger partial charge in [-0.2, -0.15) is 0 Å². The molecular weight excluding hydrogens is 976 g/mol. The number of aromatic amines is 1. The highest BCUT2D eigenvalue weighted by molar-refractivity contribution is 7.90. The van der Waals surface area contributed by atoms with Crippen LogP contribution in [0.25, 0.3) is 11.0 Å². The number of sulfonamides is 1. The van der Waals surface area contributed by atoms with E-state index in [0.29, 0.717) is 50.1 Å². The van der Waals surface area contributed by atoms with Crippen molar-refractivity contribution in [2.24, 2.45) is 11.3 Å². The fraction of sp³-hybridized carbons (Fsp3) is 0.439. The summed E-state index contributed by atoms with van der Waals surface area (Å²) in [4.78, 5) is 39.8. The van der Waals surface area contributed by atoms with Gasteiger partial charge in [-0.15, -0.1) is 0 Å². The molecule has 18 heteroatoms.